The standard InChI is InChI=1S/C61H118O6/c1-6-7-8-9-10-11-12-13-14-17-20-26-31-36-41-46-51-59(62)65-54-58(67-61(64)53-48-43-38-33-28-23-22-25-30-35-40-45-50-57(4)5)55-66-60(63)52-47-42-37-32-27-21-18-15-16-19-24-29-34-39-44-49-56(2)3/h56-58H,6-55H2,1-5H3/t58-/m0/s1. The van der Waals surface area contributed by atoms with Crippen LogP contribution in [0.15, 0.2) is 0 Å². The minimum Gasteiger partial charge on any atom is -0.462 e. The van der Waals surface area contributed by atoms with Crippen LogP contribution in [0, 0.1) is 11.8 Å². The Balaban J connectivity index is 4.29. The van der Waals surface area contributed by atoms with E-state index in [-0.39, 0.29) is 31.1 Å². The number of esters is 3. The summed E-state index contributed by atoms with van der Waals surface area (Å²) >= 11 is 0. The predicted molar refractivity (Wildman–Crippen MR) is 289 cm³/mol. The van der Waals surface area contributed by atoms with Crippen molar-refractivity contribution in [3.05, 3.63) is 0 Å². The van der Waals surface area contributed by atoms with E-state index in [0.717, 1.165) is 69.6 Å². The highest BCUT2D eigenvalue weighted by molar-refractivity contribution is 5.71. The summed E-state index contributed by atoms with van der Waals surface area (Å²) in [7, 11) is 0. The Bertz CT molecular complexity index is 1020. The minimum atomic E-state index is -0.763. The van der Waals surface area contributed by atoms with Gasteiger partial charge in [0.1, 0.15) is 13.2 Å². The van der Waals surface area contributed by atoms with E-state index in [9.17, 15) is 14.4 Å². The molecular formula is C61H118O6. The maximum Gasteiger partial charge on any atom is 0.306 e. The third kappa shape index (κ3) is 55.2. The van der Waals surface area contributed by atoms with E-state index < -0.39 is 6.10 Å². The van der Waals surface area contributed by atoms with E-state index in [1.165, 1.54) is 231 Å². The van der Waals surface area contributed by atoms with Crippen LogP contribution >= 0.6 is 0 Å². The molecule has 6 nitrogen and oxygen atoms in total. The fourth-order valence-corrected chi connectivity index (χ4v) is 9.40. The van der Waals surface area contributed by atoms with E-state index in [0.29, 0.717) is 19.3 Å². The van der Waals surface area contributed by atoms with Gasteiger partial charge in [0.25, 0.3) is 0 Å². The number of carbonyl (C=O) groups excluding carboxylic acids is 3. The van der Waals surface area contributed by atoms with Crippen LogP contribution < -0.4 is 0 Å². The van der Waals surface area contributed by atoms with Crippen LogP contribution in [0.4, 0.5) is 0 Å². The van der Waals surface area contributed by atoms with Crippen LogP contribution in [-0.4, -0.2) is 37.2 Å². The van der Waals surface area contributed by atoms with Gasteiger partial charge in [-0.2, -0.15) is 0 Å². The van der Waals surface area contributed by atoms with Crippen molar-refractivity contribution in [3.63, 3.8) is 0 Å². The Morgan fingerprint density at radius 3 is 0.731 bits per heavy atom. The van der Waals surface area contributed by atoms with E-state index in [1.54, 1.807) is 0 Å². The molecule has 67 heavy (non-hydrogen) atoms. The summed E-state index contributed by atoms with van der Waals surface area (Å²) in [6, 6.07) is 0. The molecule has 0 spiro atoms. The SMILES string of the molecule is CCCCCCCCCCCCCCCCCCC(=O)OC[C@@H](COC(=O)CCCCCCCCCCCCCCCCCC(C)C)OC(=O)CCCCCCCCCCCCCCC(C)C. The molecule has 0 aliphatic rings. The highest BCUT2D eigenvalue weighted by Gasteiger charge is 2.19. The van der Waals surface area contributed by atoms with Gasteiger partial charge in [0.05, 0.1) is 0 Å². The molecule has 0 unspecified atom stereocenters. The summed E-state index contributed by atoms with van der Waals surface area (Å²) < 4.78 is 16.9. The molecule has 6 heteroatoms. The molecule has 0 heterocycles. The number of unbranched alkanes of at least 4 members (excludes halogenated alkanes) is 40. The van der Waals surface area contributed by atoms with Crippen molar-refractivity contribution < 1.29 is 28.6 Å². The molecule has 398 valence electrons. The molecule has 1 atom stereocenters. The monoisotopic (exact) mass is 947 g/mol. The molecule has 0 radical (unpaired) electrons. The molecule has 0 N–H and O–H groups in total. The molecular weight excluding hydrogens is 829 g/mol. The number of hydrogen-bond acceptors (Lipinski definition) is 6. The highest BCUT2D eigenvalue weighted by atomic mass is 16.6. The van der Waals surface area contributed by atoms with Crippen LogP contribution in [0.25, 0.3) is 0 Å². The van der Waals surface area contributed by atoms with Gasteiger partial charge in [-0.3, -0.25) is 14.4 Å². The quantitative estimate of drug-likeness (QED) is 0.0343. The summed E-state index contributed by atoms with van der Waals surface area (Å²) in [5.41, 5.74) is 0. The van der Waals surface area contributed by atoms with Gasteiger partial charge < -0.3 is 14.2 Å². The summed E-state index contributed by atoms with van der Waals surface area (Å²) in [5, 5.41) is 0. The van der Waals surface area contributed by atoms with Gasteiger partial charge in [-0.05, 0) is 31.1 Å². The Hall–Kier alpha value is -1.59. The zero-order valence-corrected chi connectivity index (χ0v) is 46.0. The molecule has 0 rings (SSSR count). The summed E-state index contributed by atoms with van der Waals surface area (Å²) in [5.74, 6) is 0.846. The number of ether oxygens (including phenoxy) is 3. The van der Waals surface area contributed by atoms with Gasteiger partial charge >= 0.3 is 17.9 Å². The van der Waals surface area contributed by atoms with Gasteiger partial charge in [0.15, 0.2) is 6.10 Å². The average molecular weight is 948 g/mol. The van der Waals surface area contributed by atoms with Gasteiger partial charge in [-0.25, -0.2) is 0 Å². The normalized spacial score (nSPS) is 12.0. The highest BCUT2D eigenvalue weighted by Crippen LogP contribution is 2.18. The van der Waals surface area contributed by atoms with Crippen molar-refractivity contribution >= 4 is 17.9 Å². The smallest absolute Gasteiger partial charge is 0.306 e. The number of carbonyl (C=O) groups is 3. The lowest BCUT2D eigenvalue weighted by molar-refractivity contribution is -0.167. The molecule has 0 bridgehead atoms. The topological polar surface area (TPSA) is 78.9 Å². The van der Waals surface area contributed by atoms with Crippen LogP contribution in [0.2, 0.25) is 0 Å². The van der Waals surface area contributed by atoms with Gasteiger partial charge in [0.2, 0.25) is 0 Å². The maximum atomic E-state index is 12.9. The molecule has 0 aliphatic carbocycles. The molecule has 0 aromatic rings. The lowest BCUT2D eigenvalue weighted by Crippen LogP contribution is -2.30. The molecule has 0 saturated heterocycles. The second-order valence-corrected chi connectivity index (χ2v) is 21.9. The zero-order valence-electron chi connectivity index (χ0n) is 46.0. The molecule has 0 aromatic carbocycles. The Kier molecular flexibility index (Phi) is 52.5. The lowest BCUT2D eigenvalue weighted by Gasteiger charge is -2.18. The first-order chi connectivity index (χ1) is 32.7. The predicted octanol–water partition coefficient (Wildman–Crippen LogP) is 20.0. The number of hydrogen-bond donors (Lipinski definition) is 0. The van der Waals surface area contributed by atoms with Crippen LogP contribution in [0.5, 0.6) is 0 Å². The lowest BCUT2D eigenvalue weighted by atomic mass is 10.0. The fourth-order valence-electron chi connectivity index (χ4n) is 9.40. The molecule has 0 aromatic heterocycles. The van der Waals surface area contributed by atoms with Crippen LogP contribution in [0.3, 0.4) is 0 Å². The first-order valence-corrected chi connectivity index (χ1v) is 30.2. The largest absolute Gasteiger partial charge is 0.462 e. The Labute approximate surface area is 418 Å². The second kappa shape index (κ2) is 53.8. The van der Waals surface area contributed by atoms with Crippen molar-refractivity contribution in [2.45, 2.75) is 349 Å². The molecule has 0 aliphatic heterocycles. The van der Waals surface area contributed by atoms with Crippen molar-refractivity contribution in [1.82, 2.24) is 0 Å². The maximum absolute atomic E-state index is 12.9. The summed E-state index contributed by atoms with van der Waals surface area (Å²) in [4.78, 5) is 38.2. The zero-order chi connectivity index (χ0) is 48.9. The van der Waals surface area contributed by atoms with Crippen LogP contribution in [0.1, 0.15) is 343 Å². The third-order valence-electron chi connectivity index (χ3n) is 14.0. The molecule has 0 saturated carbocycles. The van der Waals surface area contributed by atoms with E-state index in [4.69, 9.17) is 14.2 Å². The van der Waals surface area contributed by atoms with Crippen molar-refractivity contribution in [3.8, 4) is 0 Å². The third-order valence-corrected chi connectivity index (χ3v) is 14.0. The van der Waals surface area contributed by atoms with E-state index in [2.05, 4.69) is 34.6 Å². The summed E-state index contributed by atoms with van der Waals surface area (Å²) in [6.07, 6.45) is 58.1. The number of rotatable bonds is 55. The van der Waals surface area contributed by atoms with Crippen molar-refractivity contribution in [2.75, 3.05) is 13.2 Å². The fraction of sp³-hybridized carbons (Fsp3) is 0.951. The summed E-state index contributed by atoms with van der Waals surface area (Å²) in [6.45, 7) is 11.4. The average Bonchev–Trinajstić information content (AvgIpc) is 3.30. The second-order valence-electron chi connectivity index (χ2n) is 21.9. The minimum absolute atomic E-state index is 0.0623. The van der Waals surface area contributed by atoms with E-state index in [1.807, 2.05) is 0 Å². The van der Waals surface area contributed by atoms with E-state index >= 15 is 0 Å². The first kappa shape index (κ1) is 65.4. The van der Waals surface area contributed by atoms with Gasteiger partial charge in [-0.1, -0.05) is 304 Å². The first-order valence-electron chi connectivity index (χ1n) is 30.2. The van der Waals surface area contributed by atoms with Gasteiger partial charge in [0, 0.05) is 19.3 Å². The van der Waals surface area contributed by atoms with Gasteiger partial charge in [-0.15, -0.1) is 0 Å². The van der Waals surface area contributed by atoms with Crippen LogP contribution in [-0.2, 0) is 28.6 Å². The Morgan fingerprint density at radius 2 is 0.493 bits per heavy atom. The Morgan fingerprint density at radius 1 is 0.284 bits per heavy atom. The van der Waals surface area contributed by atoms with Crippen molar-refractivity contribution in [2.24, 2.45) is 11.8 Å². The molecule has 0 amide bonds. The van der Waals surface area contributed by atoms with Crippen molar-refractivity contribution in [1.29, 1.82) is 0 Å². The molecule has 0 fully saturated rings.